The number of aliphatic hydroxyl groups excluding tert-OH is 1. The Hall–Kier alpha value is -1.69. The van der Waals surface area contributed by atoms with Gasteiger partial charge >= 0.3 is 5.97 Å². The number of nitrogens with zero attached hydrogens (tertiary/aromatic N) is 3. The monoisotopic (exact) mass is 251 g/mol. The zero-order chi connectivity index (χ0) is 13.1. The fourth-order valence-corrected chi connectivity index (χ4v) is 2.05. The molecule has 2 heterocycles. The molecule has 0 aliphatic carbocycles. The molecule has 1 aliphatic rings. The van der Waals surface area contributed by atoms with Gasteiger partial charge in [0.2, 0.25) is 0 Å². The average Bonchev–Trinajstić information content (AvgIpc) is 2.41. The lowest BCUT2D eigenvalue weighted by Crippen LogP contribution is -2.42. The summed E-state index contributed by atoms with van der Waals surface area (Å²) in [5, 5.41) is 17.5. The van der Waals surface area contributed by atoms with Crippen LogP contribution in [0.1, 0.15) is 23.8 Å². The first-order chi connectivity index (χ1) is 8.61. The summed E-state index contributed by atoms with van der Waals surface area (Å²) < 4.78 is 4.56. The van der Waals surface area contributed by atoms with Gasteiger partial charge in [0, 0.05) is 13.1 Å². The maximum atomic E-state index is 11.2. The molecule has 1 fully saturated rings. The van der Waals surface area contributed by atoms with Crippen molar-refractivity contribution < 1.29 is 14.6 Å². The minimum Gasteiger partial charge on any atom is -0.464 e. The number of hydrogen-bond donors (Lipinski definition) is 1. The van der Waals surface area contributed by atoms with Crippen LogP contribution in [-0.4, -0.2) is 47.6 Å². The minimum absolute atomic E-state index is 0.200. The molecular formula is C12H17N3O3. The van der Waals surface area contributed by atoms with E-state index in [4.69, 9.17) is 0 Å². The van der Waals surface area contributed by atoms with E-state index in [-0.39, 0.29) is 17.7 Å². The van der Waals surface area contributed by atoms with Gasteiger partial charge in [-0.05, 0) is 24.5 Å². The number of rotatable bonds is 2. The molecule has 0 saturated carbocycles. The van der Waals surface area contributed by atoms with E-state index in [0.29, 0.717) is 0 Å². The molecule has 0 radical (unpaired) electrons. The first-order valence-corrected chi connectivity index (χ1v) is 5.97. The molecule has 1 aliphatic heterocycles. The normalized spacial score (nSPS) is 23.8. The summed E-state index contributed by atoms with van der Waals surface area (Å²) in [4.78, 5) is 13.3. The first-order valence-electron chi connectivity index (χ1n) is 5.97. The summed E-state index contributed by atoms with van der Waals surface area (Å²) in [5.41, 5.74) is 0.200. The van der Waals surface area contributed by atoms with E-state index in [1.807, 2.05) is 6.92 Å². The summed E-state index contributed by atoms with van der Waals surface area (Å²) >= 11 is 0. The second kappa shape index (κ2) is 5.30. The fourth-order valence-electron chi connectivity index (χ4n) is 2.05. The van der Waals surface area contributed by atoms with Gasteiger partial charge in [-0.2, -0.15) is 0 Å². The Bertz CT molecular complexity index is 421. The third-order valence-electron chi connectivity index (χ3n) is 3.23. The minimum atomic E-state index is -0.489. The molecule has 0 aromatic carbocycles. The Morgan fingerprint density at radius 2 is 2.28 bits per heavy atom. The van der Waals surface area contributed by atoms with Crippen LogP contribution < -0.4 is 4.90 Å². The lowest BCUT2D eigenvalue weighted by Gasteiger charge is -2.34. The number of anilines is 1. The molecule has 1 aromatic heterocycles. The van der Waals surface area contributed by atoms with E-state index >= 15 is 0 Å². The van der Waals surface area contributed by atoms with Crippen LogP contribution in [0.15, 0.2) is 12.1 Å². The quantitative estimate of drug-likeness (QED) is 0.770. The summed E-state index contributed by atoms with van der Waals surface area (Å²) in [7, 11) is 1.31. The molecule has 0 amide bonds. The van der Waals surface area contributed by atoms with Gasteiger partial charge in [0.1, 0.15) is 0 Å². The molecule has 0 bridgehead atoms. The van der Waals surface area contributed by atoms with Gasteiger partial charge in [-0.15, -0.1) is 10.2 Å². The van der Waals surface area contributed by atoms with Gasteiger partial charge in [-0.1, -0.05) is 6.92 Å². The van der Waals surface area contributed by atoms with E-state index in [1.54, 1.807) is 12.1 Å². The van der Waals surface area contributed by atoms with Crippen molar-refractivity contribution in [3.63, 3.8) is 0 Å². The zero-order valence-corrected chi connectivity index (χ0v) is 10.5. The largest absolute Gasteiger partial charge is 0.464 e. The van der Waals surface area contributed by atoms with E-state index in [1.165, 1.54) is 7.11 Å². The zero-order valence-electron chi connectivity index (χ0n) is 10.5. The second-order valence-electron chi connectivity index (χ2n) is 4.55. The van der Waals surface area contributed by atoms with Crippen LogP contribution >= 0.6 is 0 Å². The highest BCUT2D eigenvalue weighted by Crippen LogP contribution is 2.21. The molecule has 6 heteroatoms. The van der Waals surface area contributed by atoms with Gasteiger partial charge in [-0.3, -0.25) is 0 Å². The molecule has 2 atom stereocenters. The van der Waals surface area contributed by atoms with Crippen LogP contribution in [0.3, 0.4) is 0 Å². The van der Waals surface area contributed by atoms with Crippen molar-refractivity contribution in [2.75, 3.05) is 25.1 Å². The SMILES string of the molecule is COC(=O)c1ccc(N2CCC(O)C(C)C2)nn1. The second-order valence-corrected chi connectivity index (χ2v) is 4.55. The molecule has 1 aromatic rings. The average molecular weight is 251 g/mol. The predicted molar refractivity (Wildman–Crippen MR) is 65.4 cm³/mol. The highest BCUT2D eigenvalue weighted by molar-refractivity contribution is 5.86. The van der Waals surface area contributed by atoms with Crippen molar-refractivity contribution in [2.24, 2.45) is 5.92 Å². The van der Waals surface area contributed by atoms with Gasteiger partial charge in [0.05, 0.1) is 13.2 Å². The molecule has 18 heavy (non-hydrogen) atoms. The van der Waals surface area contributed by atoms with Crippen LogP contribution in [0.2, 0.25) is 0 Å². The summed E-state index contributed by atoms with van der Waals surface area (Å²) in [6, 6.07) is 3.35. The van der Waals surface area contributed by atoms with Gasteiger partial charge in [0.25, 0.3) is 0 Å². The third kappa shape index (κ3) is 2.59. The molecule has 0 spiro atoms. The van der Waals surface area contributed by atoms with Crippen molar-refractivity contribution in [1.29, 1.82) is 0 Å². The van der Waals surface area contributed by atoms with Gasteiger partial charge in [0.15, 0.2) is 11.5 Å². The Morgan fingerprint density at radius 1 is 1.50 bits per heavy atom. The number of hydrogen-bond acceptors (Lipinski definition) is 6. The van der Waals surface area contributed by atoms with Crippen molar-refractivity contribution >= 4 is 11.8 Å². The number of piperidine rings is 1. The summed E-state index contributed by atoms with van der Waals surface area (Å²) in [6.45, 7) is 3.50. The topological polar surface area (TPSA) is 75.5 Å². The lowest BCUT2D eigenvalue weighted by atomic mass is 9.97. The maximum Gasteiger partial charge on any atom is 0.358 e. The van der Waals surface area contributed by atoms with Crippen LogP contribution in [-0.2, 0) is 4.74 Å². The molecule has 6 nitrogen and oxygen atoms in total. The Labute approximate surface area is 106 Å². The first kappa shape index (κ1) is 12.8. The molecule has 2 rings (SSSR count). The van der Waals surface area contributed by atoms with E-state index in [9.17, 15) is 9.90 Å². The smallest absolute Gasteiger partial charge is 0.358 e. The lowest BCUT2D eigenvalue weighted by molar-refractivity contribution is 0.0592. The number of aliphatic hydroxyl groups is 1. The van der Waals surface area contributed by atoms with Crippen molar-refractivity contribution in [3.8, 4) is 0 Å². The summed E-state index contributed by atoms with van der Waals surface area (Å²) in [6.07, 6.45) is 0.477. The molecular weight excluding hydrogens is 234 g/mol. The third-order valence-corrected chi connectivity index (χ3v) is 3.23. The van der Waals surface area contributed by atoms with Crippen LogP contribution in [0.25, 0.3) is 0 Å². The number of ether oxygens (including phenoxy) is 1. The van der Waals surface area contributed by atoms with Crippen LogP contribution in [0.4, 0.5) is 5.82 Å². The molecule has 2 unspecified atom stereocenters. The Balaban J connectivity index is 2.08. The number of esters is 1. The Morgan fingerprint density at radius 3 is 2.83 bits per heavy atom. The van der Waals surface area contributed by atoms with E-state index in [0.717, 1.165) is 25.3 Å². The van der Waals surface area contributed by atoms with Gasteiger partial charge in [-0.25, -0.2) is 4.79 Å². The highest BCUT2D eigenvalue weighted by Gasteiger charge is 2.25. The molecule has 98 valence electrons. The van der Waals surface area contributed by atoms with Crippen LogP contribution in [0.5, 0.6) is 0 Å². The molecule has 1 saturated heterocycles. The predicted octanol–water partition coefficient (Wildman–Crippen LogP) is 0.470. The van der Waals surface area contributed by atoms with E-state index in [2.05, 4.69) is 19.8 Å². The number of aromatic nitrogens is 2. The standard InChI is InChI=1S/C12H17N3O3/c1-8-7-15(6-5-10(8)16)11-4-3-9(13-14-11)12(17)18-2/h3-4,8,10,16H,5-7H2,1-2H3. The van der Waals surface area contributed by atoms with Crippen molar-refractivity contribution in [1.82, 2.24) is 10.2 Å². The van der Waals surface area contributed by atoms with Crippen molar-refractivity contribution in [2.45, 2.75) is 19.4 Å². The number of methoxy groups -OCH3 is 1. The summed E-state index contributed by atoms with van der Waals surface area (Å²) in [5.74, 6) is 0.443. The number of carbonyl (C=O) groups excluding carboxylic acids is 1. The van der Waals surface area contributed by atoms with Gasteiger partial charge < -0.3 is 14.7 Å². The van der Waals surface area contributed by atoms with E-state index < -0.39 is 5.97 Å². The van der Waals surface area contributed by atoms with Crippen molar-refractivity contribution in [3.05, 3.63) is 17.8 Å². The fraction of sp³-hybridized carbons (Fsp3) is 0.583. The number of carbonyl (C=O) groups is 1. The molecule has 1 N–H and O–H groups in total. The maximum absolute atomic E-state index is 11.2. The van der Waals surface area contributed by atoms with Crippen LogP contribution in [0, 0.1) is 5.92 Å². The Kier molecular flexibility index (Phi) is 3.76. The highest BCUT2D eigenvalue weighted by atomic mass is 16.5.